The molecule has 0 saturated carbocycles. The Kier molecular flexibility index (Phi) is 10.9. The van der Waals surface area contributed by atoms with Gasteiger partial charge in [-0.05, 0) is 51.7 Å². The Morgan fingerprint density at radius 3 is 2.45 bits per heavy atom. The van der Waals surface area contributed by atoms with Gasteiger partial charge in [-0.15, -0.1) is 0 Å². The predicted octanol–water partition coefficient (Wildman–Crippen LogP) is 4.96. The van der Waals surface area contributed by atoms with Gasteiger partial charge in [-0.3, -0.25) is 19.4 Å². The van der Waals surface area contributed by atoms with Crippen molar-refractivity contribution in [3.8, 4) is 6.07 Å². The maximum atomic E-state index is 13.5. The highest BCUT2D eigenvalue weighted by Gasteiger charge is 2.52. The number of aryl methyl sites for hydroxylation is 2. The first-order valence-corrected chi connectivity index (χ1v) is 17.3. The summed E-state index contributed by atoms with van der Waals surface area (Å²) in [5.74, 6) is 0.145. The van der Waals surface area contributed by atoms with Crippen LogP contribution in [-0.4, -0.2) is 118 Å². The first-order valence-electron chi connectivity index (χ1n) is 17.3. The smallest absolute Gasteiger partial charge is 0.410 e. The SMILES string of the molecule is CCCC[C@H]1CN(CC2CC(=O)CCN2CC(F)F)C(=O)OC12CCN(C1(C)CCN(C(=O)c3c(C)cc(C#N)nc3C)CC1)CC2. The van der Waals surface area contributed by atoms with Crippen molar-refractivity contribution in [2.24, 2.45) is 5.92 Å². The molecule has 5 rings (SSSR count). The van der Waals surface area contributed by atoms with Crippen LogP contribution in [-0.2, 0) is 9.53 Å². The number of hydrogen-bond donors (Lipinski definition) is 0. The minimum atomic E-state index is -2.49. The standard InChI is InChI=1S/C35H50F2N6O4/c1-5-6-7-26-21-42(22-28-19-29(44)8-13-41(28)23-30(36)37)33(46)47-35(26)11-16-43(17-12-35)34(4)9-14-40(15-10-34)32(45)31-24(2)18-27(20-38)39-25(31)3/h18,26,28,30H,5-17,19,21-23H2,1-4H3/t26-,28?/m0/s1. The summed E-state index contributed by atoms with van der Waals surface area (Å²) in [4.78, 5) is 51.3. The van der Waals surface area contributed by atoms with Crippen LogP contribution >= 0.6 is 0 Å². The number of amides is 2. The average Bonchev–Trinajstić information content (AvgIpc) is 3.03. The lowest BCUT2D eigenvalue weighted by Gasteiger charge is -2.55. The molecule has 2 amide bonds. The van der Waals surface area contributed by atoms with Gasteiger partial charge in [0.05, 0.1) is 17.8 Å². The van der Waals surface area contributed by atoms with E-state index in [9.17, 15) is 28.4 Å². The van der Waals surface area contributed by atoms with Crippen molar-refractivity contribution < 1.29 is 27.9 Å². The number of likely N-dealkylation sites (tertiary alicyclic amines) is 3. The minimum Gasteiger partial charge on any atom is -0.442 e. The van der Waals surface area contributed by atoms with Crippen LogP contribution < -0.4 is 0 Å². The number of aromatic nitrogens is 1. The van der Waals surface area contributed by atoms with E-state index in [1.807, 2.05) is 11.8 Å². The highest BCUT2D eigenvalue weighted by Crippen LogP contribution is 2.43. The zero-order valence-electron chi connectivity index (χ0n) is 28.4. The first kappa shape index (κ1) is 35.1. The van der Waals surface area contributed by atoms with Crippen LogP contribution in [0, 0.1) is 31.1 Å². The van der Waals surface area contributed by atoms with Gasteiger partial charge in [0.2, 0.25) is 0 Å². The van der Waals surface area contributed by atoms with Gasteiger partial charge in [0.15, 0.2) is 0 Å². The van der Waals surface area contributed by atoms with Crippen molar-refractivity contribution in [1.82, 2.24) is 24.6 Å². The predicted molar refractivity (Wildman–Crippen MR) is 172 cm³/mol. The summed E-state index contributed by atoms with van der Waals surface area (Å²) in [6.07, 6.45) is 3.63. The molecule has 4 aliphatic rings. The third-order valence-corrected chi connectivity index (χ3v) is 11.3. The Hall–Kier alpha value is -3.17. The number of hydrogen-bond acceptors (Lipinski definition) is 8. The number of halogens is 2. The van der Waals surface area contributed by atoms with E-state index in [0.29, 0.717) is 43.1 Å². The van der Waals surface area contributed by atoms with E-state index in [2.05, 4.69) is 29.8 Å². The molecule has 1 spiro atoms. The number of ketones is 1. The third kappa shape index (κ3) is 7.62. The molecule has 12 heteroatoms. The zero-order chi connectivity index (χ0) is 33.9. The Morgan fingerprint density at radius 2 is 1.83 bits per heavy atom. The lowest BCUT2D eigenvalue weighted by Crippen LogP contribution is -2.64. The van der Waals surface area contributed by atoms with E-state index in [1.165, 1.54) is 0 Å². The summed E-state index contributed by atoms with van der Waals surface area (Å²) in [5.41, 5.74) is 1.60. The average molecular weight is 657 g/mol. The highest BCUT2D eigenvalue weighted by atomic mass is 19.3. The van der Waals surface area contributed by atoms with Crippen molar-refractivity contribution in [1.29, 1.82) is 5.26 Å². The monoisotopic (exact) mass is 656 g/mol. The van der Waals surface area contributed by atoms with Gasteiger partial charge in [0.1, 0.15) is 23.1 Å². The van der Waals surface area contributed by atoms with Crippen LogP contribution in [0.25, 0.3) is 0 Å². The fraction of sp³-hybridized carbons (Fsp3) is 0.743. The van der Waals surface area contributed by atoms with E-state index >= 15 is 0 Å². The summed E-state index contributed by atoms with van der Waals surface area (Å²) in [6, 6.07) is 3.31. The van der Waals surface area contributed by atoms with Crippen LogP contribution in [0.2, 0.25) is 0 Å². The van der Waals surface area contributed by atoms with Crippen molar-refractivity contribution >= 4 is 17.8 Å². The fourth-order valence-corrected chi connectivity index (χ4v) is 8.39. The molecule has 1 aromatic rings. The lowest BCUT2D eigenvalue weighted by atomic mass is 9.74. The summed E-state index contributed by atoms with van der Waals surface area (Å²) in [6.45, 7) is 11.5. The maximum absolute atomic E-state index is 13.5. The van der Waals surface area contributed by atoms with Crippen LogP contribution in [0.1, 0.15) is 98.9 Å². The molecule has 1 aromatic heterocycles. The van der Waals surface area contributed by atoms with E-state index < -0.39 is 30.7 Å². The number of Topliss-reactive ketones (excluding diaryl/α,β-unsaturated/α-hetero) is 1. The maximum Gasteiger partial charge on any atom is 0.410 e. The summed E-state index contributed by atoms with van der Waals surface area (Å²) in [7, 11) is 0. The van der Waals surface area contributed by atoms with Gasteiger partial charge in [-0.25, -0.2) is 18.6 Å². The summed E-state index contributed by atoms with van der Waals surface area (Å²) >= 11 is 0. The third-order valence-electron chi connectivity index (χ3n) is 11.3. The van der Waals surface area contributed by atoms with E-state index in [4.69, 9.17) is 4.74 Å². The summed E-state index contributed by atoms with van der Waals surface area (Å²) in [5, 5.41) is 9.23. The molecule has 4 aliphatic heterocycles. The molecule has 10 nitrogen and oxygen atoms in total. The number of carbonyl (C=O) groups excluding carboxylic acids is 3. The minimum absolute atomic E-state index is 0.0380. The van der Waals surface area contributed by atoms with Crippen LogP contribution in [0.15, 0.2) is 6.07 Å². The molecule has 5 heterocycles. The van der Waals surface area contributed by atoms with Crippen LogP contribution in [0.4, 0.5) is 13.6 Å². The molecular weight excluding hydrogens is 606 g/mol. The number of unbranched alkanes of at least 4 members (excludes halogenated alkanes) is 1. The highest BCUT2D eigenvalue weighted by molar-refractivity contribution is 5.96. The van der Waals surface area contributed by atoms with E-state index in [1.54, 1.807) is 22.8 Å². The van der Waals surface area contributed by atoms with E-state index in [0.717, 1.165) is 63.6 Å². The molecule has 4 saturated heterocycles. The molecule has 1 unspecified atom stereocenters. The van der Waals surface area contributed by atoms with Gasteiger partial charge < -0.3 is 14.5 Å². The van der Waals surface area contributed by atoms with Crippen molar-refractivity contribution in [2.45, 2.75) is 109 Å². The second-order valence-electron chi connectivity index (χ2n) is 14.4. The molecular formula is C35H50F2N6O4. The lowest BCUT2D eigenvalue weighted by molar-refractivity contribution is -0.137. The number of piperidine rings is 3. The number of ether oxygens (including phenoxy) is 1. The summed E-state index contributed by atoms with van der Waals surface area (Å²) < 4.78 is 32.9. The van der Waals surface area contributed by atoms with Gasteiger partial charge in [-0.2, -0.15) is 5.26 Å². The second-order valence-corrected chi connectivity index (χ2v) is 14.4. The topological polar surface area (TPSA) is 110 Å². The van der Waals surface area contributed by atoms with Crippen LogP contribution in [0.5, 0.6) is 0 Å². The Morgan fingerprint density at radius 1 is 1.13 bits per heavy atom. The molecule has 47 heavy (non-hydrogen) atoms. The zero-order valence-corrected chi connectivity index (χ0v) is 28.4. The van der Waals surface area contributed by atoms with Crippen molar-refractivity contribution in [3.63, 3.8) is 0 Å². The fourth-order valence-electron chi connectivity index (χ4n) is 8.39. The number of nitriles is 1. The normalized spacial score (nSPS) is 25.2. The van der Waals surface area contributed by atoms with Crippen molar-refractivity contribution in [2.75, 3.05) is 52.4 Å². The van der Waals surface area contributed by atoms with Crippen LogP contribution in [0.3, 0.4) is 0 Å². The number of carbonyl (C=O) groups is 3. The van der Waals surface area contributed by atoms with Gasteiger partial charge in [0, 0.05) is 89.0 Å². The van der Waals surface area contributed by atoms with E-state index in [-0.39, 0.29) is 42.5 Å². The molecule has 0 N–H and O–H groups in total. The Balaban J connectivity index is 1.21. The molecule has 258 valence electrons. The Bertz CT molecular complexity index is 1340. The number of nitrogens with zero attached hydrogens (tertiary/aromatic N) is 6. The molecule has 0 bridgehead atoms. The van der Waals surface area contributed by atoms with Gasteiger partial charge >= 0.3 is 6.09 Å². The number of rotatable bonds is 9. The van der Waals surface area contributed by atoms with Gasteiger partial charge in [0.25, 0.3) is 12.3 Å². The molecule has 0 aliphatic carbocycles. The van der Waals surface area contributed by atoms with Gasteiger partial charge in [-0.1, -0.05) is 19.8 Å². The van der Waals surface area contributed by atoms with Crippen molar-refractivity contribution in [3.05, 3.63) is 28.6 Å². The molecule has 4 fully saturated rings. The number of pyridine rings is 1. The first-order chi connectivity index (χ1) is 22.4. The molecule has 0 radical (unpaired) electrons. The Labute approximate surface area is 277 Å². The molecule has 2 atom stereocenters. The quantitative estimate of drug-likeness (QED) is 0.367. The number of alkyl halides is 2. The molecule has 0 aromatic carbocycles. The largest absolute Gasteiger partial charge is 0.442 e. The second kappa shape index (κ2) is 14.5.